The first kappa shape index (κ1) is 21.0. The van der Waals surface area contributed by atoms with Gasteiger partial charge in [-0.15, -0.1) is 0 Å². The van der Waals surface area contributed by atoms with Crippen LogP contribution in [0.2, 0.25) is 5.15 Å². The predicted molar refractivity (Wildman–Crippen MR) is 113 cm³/mol. The lowest BCUT2D eigenvalue weighted by Gasteiger charge is -2.10. The number of Topliss-reactive ketones (excluding diaryl/α,β-unsaturated/α-hetero) is 1. The second-order valence-electron chi connectivity index (χ2n) is 6.58. The van der Waals surface area contributed by atoms with Crippen LogP contribution in [-0.4, -0.2) is 15.6 Å². The van der Waals surface area contributed by atoms with Crippen LogP contribution in [0.3, 0.4) is 0 Å². The first-order chi connectivity index (χ1) is 14.7. The van der Waals surface area contributed by atoms with Crippen molar-refractivity contribution in [2.75, 3.05) is 0 Å². The van der Waals surface area contributed by atoms with E-state index in [2.05, 4.69) is 10.4 Å². The Hall–Kier alpha value is -3.22. The van der Waals surface area contributed by atoms with Gasteiger partial charge in [-0.25, -0.2) is 0 Å². The molecule has 5 nitrogen and oxygen atoms in total. The standard InChI is InChI=1S/C21H12ClF3N4OS/c1-29-19(22)16(18(28-29)21(23,24)25)17(30)14(9-26)20-27-15(10-31-20)13-8-4-6-11-5-2-3-7-12(11)13/h2-8,10,27H,1H3/b20-14+. The average molecular weight is 461 g/mol. The molecule has 0 saturated carbocycles. The summed E-state index contributed by atoms with van der Waals surface area (Å²) in [5, 5.41) is 19.2. The number of nitrogens with one attached hydrogen (secondary N) is 1. The Bertz CT molecular complexity index is 1330. The maximum absolute atomic E-state index is 13.4. The van der Waals surface area contributed by atoms with Crippen LogP contribution < -0.4 is 5.32 Å². The van der Waals surface area contributed by atoms with E-state index in [0.29, 0.717) is 5.70 Å². The van der Waals surface area contributed by atoms with Crippen LogP contribution in [0.15, 0.2) is 58.5 Å². The van der Waals surface area contributed by atoms with Gasteiger partial charge < -0.3 is 5.32 Å². The van der Waals surface area contributed by atoms with E-state index in [1.807, 2.05) is 42.5 Å². The van der Waals surface area contributed by atoms with Gasteiger partial charge in [0.2, 0.25) is 5.78 Å². The molecule has 1 N–H and O–H groups in total. The van der Waals surface area contributed by atoms with Crippen molar-refractivity contribution in [1.82, 2.24) is 15.1 Å². The Morgan fingerprint density at radius 3 is 2.65 bits per heavy atom. The minimum absolute atomic E-state index is 0.128. The van der Waals surface area contributed by atoms with E-state index in [-0.39, 0.29) is 5.03 Å². The zero-order valence-electron chi connectivity index (χ0n) is 15.8. The van der Waals surface area contributed by atoms with Crippen molar-refractivity contribution in [3.63, 3.8) is 0 Å². The Labute approximate surface area is 183 Å². The Balaban J connectivity index is 1.74. The fraction of sp³-hybridized carbons (Fsp3) is 0.0952. The molecule has 2 heterocycles. The number of benzene rings is 2. The number of halogens is 4. The number of alkyl halides is 3. The summed E-state index contributed by atoms with van der Waals surface area (Å²) >= 11 is 6.97. The minimum Gasteiger partial charge on any atom is -0.348 e. The number of ketones is 1. The van der Waals surface area contributed by atoms with E-state index < -0.39 is 33.9 Å². The lowest BCUT2D eigenvalue weighted by Crippen LogP contribution is -2.16. The number of nitriles is 1. The van der Waals surface area contributed by atoms with Crippen molar-refractivity contribution in [1.29, 1.82) is 5.26 Å². The van der Waals surface area contributed by atoms with Crippen molar-refractivity contribution in [2.45, 2.75) is 6.18 Å². The summed E-state index contributed by atoms with van der Waals surface area (Å²) in [6.45, 7) is 0. The molecule has 1 aliphatic rings. The molecule has 0 aliphatic carbocycles. The highest BCUT2D eigenvalue weighted by molar-refractivity contribution is 8.06. The number of hydrogen-bond donors (Lipinski definition) is 1. The maximum Gasteiger partial charge on any atom is 0.435 e. The third-order valence-corrected chi connectivity index (χ3v) is 5.99. The SMILES string of the molecule is Cn1nc(C(F)(F)F)c(C(=O)/C(C#N)=C2\NC(c3cccc4ccccc34)=CS2)c1Cl. The smallest absolute Gasteiger partial charge is 0.348 e. The van der Waals surface area contributed by atoms with Crippen LogP contribution >= 0.6 is 23.4 Å². The summed E-state index contributed by atoms with van der Waals surface area (Å²) in [4.78, 5) is 12.9. The molecule has 31 heavy (non-hydrogen) atoms. The number of allylic oxidation sites excluding steroid dienone is 1. The average Bonchev–Trinajstić information content (AvgIpc) is 3.33. The fourth-order valence-electron chi connectivity index (χ4n) is 3.24. The third kappa shape index (κ3) is 3.69. The highest BCUT2D eigenvalue weighted by Crippen LogP contribution is 2.38. The molecule has 1 aromatic heterocycles. The van der Waals surface area contributed by atoms with Gasteiger partial charge in [0.25, 0.3) is 0 Å². The summed E-state index contributed by atoms with van der Waals surface area (Å²) < 4.78 is 40.8. The van der Waals surface area contributed by atoms with Crippen molar-refractivity contribution in [2.24, 2.45) is 7.05 Å². The van der Waals surface area contributed by atoms with Crippen LogP contribution in [0.25, 0.3) is 16.5 Å². The lowest BCUT2D eigenvalue weighted by atomic mass is 10.0. The Morgan fingerprint density at radius 2 is 1.94 bits per heavy atom. The fourth-order valence-corrected chi connectivity index (χ4v) is 4.30. The van der Waals surface area contributed by atoms with Crippen molar-refractivity contribution < 1.29 is 18.0 Å². The summed E-state index contributed by atoms with van der Waals surface area (Å²) in [7, 11) is 1.19. The molecule has 0 fully saturated rings. The molecule has 0 atom stereocenters. The minimum atomic E-state index is -4.90. The zero-order valence-corrected chi connectivity index (χ0v) is 17.4. The van der Waals surface area contributed by atoms with Gasteiger partial charge in [0.1, 0.15) is 16.8 Å². The number of rotatable bonds is 3. The molecule has 3 aromatic rings. The maximum atomic E-state index is 13.4. The summed E-state index contributed by atoms with van der Waals surface area (Å²) in [6.07, 6.45) is -4.90. The highest BCUT2D eigenvalue weighted by atomic mass is 35.5. The van der Waals surface area contributed by atoms with Crippen LogP contribution in [0, 0.1) is 11.3 Å². The van der Waals surface area contributed by atoms with Gasteiger partial charge in [-0.3, -0.25) is 9.48 Å². The first-order valence-corrected chi connectivity index (χ1v) is 10.1. The van der Waals surface area contributed by atoms with E-state index in [0.717, 1.165) is 32.8 Å². The van der Waals surface area contributed by atoms with E-state index >= 15 is 0 Å². The van der Waals surface area contributed by atoms with E-state index in [9.17, 15) is 23.2 Å². The molecular formula is C21H12ClF3N4OS. The lowest BCUT2D eigenvalue weighted by molar-refractivity contribution is -0.141. The number of aromatic nitrogens is 2. The van der Waals surface area contributed by atoms with Crippen molar-refractivity contribution in [3.8, 4) is 6.07 Å². The van der Waals surface area contributed by atoms with E-state index in [4.69, 9.17) is 11.6 Å². The highest BCUT2D eigenvalue weighted by Gasteiger charge is 2.42. The molecule has 0 spiro atoms. The van der Waals surface area contributed by atoms with Gasteiger partial charge in [-0.1, -0.05) is 65.8 Å². The number of thioether (sulfide) groups is 1. The van der Waals surface area contributed by atoms with Crippen LogP contribution in [0.5, 0.6) is 0 Å². The molecule has 4 rings (SSSR count). The number of aryl methyl sites for hydroxylation is 1. The summed E-state index contributed by atoms with van der Waals surface area (Å²) in [5.74, 6) is -1.14. The van der Waals surface area contributed by atoms with Crippen molar-refractivity contribution in [3.05, 3.63) is 80.4 Å². The van der Waals surface area contributed by atoms with Gasteiger partial charge in [0.15, 0.2) is 5.69 Å². The molecule has 156 valence electrons. The van der Waals surface area contributed by atoms with Crippen LogP contribution in [0.4, 0.5) is 13.2 Å². The zero-order chi connectivity index (χ0) is 22.3. The molecule has 2 aromatic carbocycles. The Morgan fingerprint density at radius 1 is 1.23 bits per heavy atom. The first-order valence-electron chi connectivity index (χ1n) is 8.83. The normalized spacial score (nSPS) is 15.4. The Kier molecular flexibility index (Phi) is 5.29. The topological polar surface area (TPSA) is 70.7 Å². The summed E-state index contributed by atoms with van der Waals surface area (Å²) in [6, 6.07) is 15.1. The van der Waals surface area contributed by atoms with E-state index in [1.165, 1.54) is 7.05 Å². The molecule has 0 amide bonds. The van der Waals surface area contributed by atoms with Gasteiger partial charge >= 0.3 is 6.18 Å². The number of fused-ring (bicyclic) bond motifs is 1. The van der Waals surface area contributed by atoms with Gasteiger partial charge in [0, 0.05) is 18.0 Å². The molecule has 0 saturated heterocycles. The molecule has 10 heteroatoms. The van der Waals surface area contributed by atoms with Crippen molar-refractivity contribution >= 4 is 45.6 Å². The van der Waals surface area contributed by atoms with Crippen LogP contribution in [-0.2, 0) is 13.2 Å². The molecule has 0 bridgehead atoms. The second kappa shape index (κ2) is 7.80. The molecule has 0 unspecified atom stereocenters. The predicted octanol–water partition coefficient (Wildman–Crippen LogP) is 5.50. The second-order valence-corrected chi connectivity index (χ2v) is 7.82. The van der Waals surface area contributed by atoms with Gasteiger partial charge in [-0.2, -0.15) is 23.5 Å². The number of hydrogen-bond acceptors (Lipinski definition) is 5. The number of nitrogens with zero attached hydrogens (tertiary/aromatic N) is 3. The quantitative estimate of drug-likeness (QED) is 0.317. The largest absolute Gasteiger partial charge is 0.435 e. The summed E-state index contributed by atoms with van der Waals surface area (Å²) in [5.41, 5.74) is -1.28. The number of carbonyl (C=O) groups excluding carboxylic acids is 1. The molecular weight excluding hydrogens is 449 g/mol. The molecule has 0 radical (unpaired) electrons. The third-order valence-electron chi connectivity index (χ3n) is 4.66. The van der Waals surface area contributed by atoms with Gasteiger partial charge in [-0.05, 0) is 10.8 Å². The number of carbonyl (C=O) groups is 1. The monoisotopic (exact) mass is 460 g/mol. The molecule has 1 aliphatic heterocycles. The van der Waals surface area contributed by atoms with Gasteiger partial charge in [0.05, 0.1) is 16.3 Å². The van der Waals surface area contributed by atoms with Crippen LogP contribution in [0.1, 0.15) is 21.6 Å². The van der Waals surface area contributed by atoms with E-state index in [1.54, 1.807) is 11.5 Å².